The molecule has 0 bridgehead atoms. The first kappa shape index (κ1) is 16.3. The van der Waals surface area contributed by atoms with Crippen LogP contribution in [0.5, 0.6) is 0 Å². The van der Waals surface area contributed by atoms with Gasteiger partial charge in [-0.15, -0.1) is 0 Å². The van der Waals surface area contributed by atoms with Crippen molar-refractivity contribution in [3.63, 3.8) is 0 Å². The Morgan fingerprint density at radius 2 is 1.32 bits per heavy atom. The Hall–Kier alpha value is -0.770. The van der Waals surface area contributed by atoms with Crippen LogP contribution in [0.1, 0.15) is 12.8 Å². The minimum atomic E-state index is -2.14. The highest BCUT2D eigenvalue weighted by Crippen LogP contribution is 2.29. The van der Waals surface area contributed by atoms with Crippen LogP contribution in [0.15, 0.2) is 0 Å². The lowest BCUT2D eigenvalue weighted by molar-refractivity contribution is -0.187. The molecule has 0 radical (unpaired) electrons. The summed E-state index contributed by atoms with van der Waals surface area (Å²) in [7, 11) is 0. The van der Waals surface area contributed by atoms with Crippen molar-refractivity contribution in [2.75, 3.05) is 26.4 Å². The van der Waals surface area contributed by atoms with Crippen LogP contribution in [0, 0.1) is 0 Å². The van der Waals surface area contributed by atoms with Crippen LogP contribution in [0.3, 0.4) is 0 Å². The van der Waals surface area contributed by atoms with Crippen LogP contribution < -0.4 is 0 Å². The second-order valence-corrected chi connectivity index (χ2v) is 4.60. The number of aliphatic hydroxyl groups is 4. The zero-order valence-electron chi connectivity index (χ0n) is 10.4. The predicted octanol–water partition coefficient (Wildman–Crippen LogP) is -2.29. The number of aliphatic carboxylic acids is 1. The number of hydrogen-bond acceptors (Lipinski definition) is 7. The second kappa shape index (κ2) is 7.13. The third-order valence-electron chi connectivity index (χ3n) is 3.02. The summed E-state index contributed by atoms with van der Waals surface area (Å²) < 4.78 is 9.89. The Bertz CT molecular complexity index is 267. The topological polar surface area (TPSA) is 137 Å². The van der Waals surface area contributed by atoms with Crippen molar-refractivity contribution in [1.29, 1.82) is 0 Å². The molecule has 1 saturated heterocycles. The molecule has 1 saturated carbocycles. The standard InChI is InChI=1S/C7H12O6.C4H8O2/c8-3-1-7(13,6(11)12)2-4(9)5(3)10;1-2-6-4-3-5-1/h3-5,8-10,13H,1-2H2,(H,11,12);1-4H2/t3-,4-,5?,7?;/m1./s1. The molecule has 0 aromatic heterocycles. The van der Waals surface area contributed by atoms with Crippen LogP contribution in [-0.4, -0.2) is 81.8 Å². The van der Waals surface area contributed by atoms with Gasteiger partial charge in [0.25, 0.3) is 0 Å². The Kier molecular flexibility index (Phi) is 6.11. The average molecular weight is 280 g/mol. The van der Waals surface area contributed by atoms with Crippen molar-refractivity contribution >= 4 is 5.97 Å². The van der Waals surface area contributed by atoms with Crippen molar-refractivity contribution in [1.82, 2.24) is 0 Å². The number of rotatable bonds is 1. The van der Waals surface area contributed by atoms with E-state index in [9.17, 15) is 9.90 Å². The Morgan fingerprint density at radius 1 is 0.947 bits per heavy atom. The van der Waals surface area contributed by atoms with E-state index in [4.69, 9.17) is 29.9 Å². The SMILES string of the molecule is C1COCCO1.O=C(O)C1(O)C[C@@H](O)C(O)[C@H](O)C1. The first-order chi connectivity index (χ1) is 8.87. The average Bonchev–Trinajstić information content (AvgIpc) is 2.38. The number of carboxylic acid groups (broad SMARTS) is 1. The molecule has 0 aromatic carbocycles. The zero-order valence-corrected chi connectivity index (χ0v) is 10.4. The smallest absolute Gasteiger partial charge is 0.335 e. The molecular weight excluding hydrogens is 260 g/mol. The lowest BCUT2D eigenvalue weighted by Crippen LogP contribution is -2.56. The minimum absolute atomic E-state index is 0.472. The molecule has 1 heterocycles. The van der Waals surface area contributed by atoms with Crippen molar-refractivity contribution in [2.45, 2.75) is 36.8 Å². The largest absolute Gasteiger partial charge is 0.479 e. The van der Waals surface area contributed by atoms with Crippen LogP contribution >= 0.6 is 0 Å². The maximum Gasteiger partial charge on any atom is 0.335 e. The minimum Gasteiger partial charge on any atom is -0.479 e. The molecule has 0 unspecified atom stereocenters. The lowest BCUT2D eigenvalue weighted by atomic mass is 9.80. The van der Waals surface area contributed by atoms with E-state index in [0.29, 0.717) is 0 Å². The molecule has 2 fully saturated rings. The highest BCUT2D eigenvalue weighted by molar-refractivity contribution is 5.77. The number of aliphatic hydroxyl groups excluding tert-OH is 3. The maximum atomic E-state index is 10.5. The van der Waals surface area contributed by atoms with Gasteiger partial charge in [-0.05, 0) is 0 Å². The number of carbonyl (C=O) groups is 1. The van der Waals surface area contributed by atoms with E-state index >= 15 is 0 Å². The number of hydrogen-bond donors (Lipinski definition) is 5. The van der Waals surface area contributed by atoms with Crippen molar-refractivity contribution < 1.29 is 39.8 Å². The summed E-state index contributed by atoms with van der Waals surface area (Å²) in [6, 6.07) is 0. The number of ether oxygens (including phenoxy) is 2. The molecule has 8 heteroatoms. The lowest BCUT2D eigenvalue weighted by Gasteiger charge is -2.37. The Labute approximate surface area is 110 Å². The summed E-state index contributed by atoms with van der Waals surface area (Å²) in [6.07, 6.45) is -5.16. The van der Waals surface area contributed by atoms with Crippen LogP contribution in [-0.2, 0) is 14.3 Å². The van der Waals surface area contributed by atoms with E-state index in [1.807, 2.05) is 0 Å². The molecule has 0 spiro atoms. The van der Waals surface area contributed by atoms with Crippen molar-refractivity contribution in [3.05, 3.63) is 0 Å². The summed E-state index contributed by atoms with van der Waals surface area (Å²) in [5.74, 6) is -1.50. The van der Waals surface area contributed by atoms with Gasteiger partial charge in [0.2, 0.25) is 0 Å². The molecule has 112 valence electrons. The van der Waals surface area contributed by atoms with Gasteiger partial charge in [-0.1, -0.05) is 0 Å². The molecule has 2 aliphatic rings. The van der Waals surface area contributed by atoms with E-state index in [1.54, 1.807) is 0 Å². The van der Waals surface area contributed by atoms with Gasteiger partial charge in [0, 0.05) is 12.8 Å². The van der Waals surface area contributed by atoms with Gasteiger partial charge in [-0.2, -0.15) is 0 Å². The van der Waals surface area contributed by atoms with Gasteiger partial charge >= 0.3 is 5.97 Å². The van der Waals surface area contributed by atoms with Crippen molar-refractivity contribution in [3.8, 4) is 0 Å². The summed E-state index contributed by atoms with van der Waals surface area (Å²) in [5, 5.41) is 45.2. The molecule has 2 atom stereocenters. The summed E-state index contributed by atoms with van der Waals surface area (Å²) in [6.45, 7) is 3.11. The second-order valence-electron chi connectivity index (χ2n) is 4.60. The normalized spacial score (nSPS) is 39.1. The van der Waals surface area contributed by atoms with Crippen LogP contribution in [0.2, 0.25) is 0 Å². The molecule has 5 N–H and O–H groups in total. The quantitative estimate of drug-likeness (QED) is 0.362. The van der Waals surface area contributed by atoms with E-state index in [0.717, 1.165) is 26.4 Å². The molecule has 0 amide bonds. The predicted molar refractivity (Wildman–Crippen MR) is 61.5 cm³/mol. The molecule has 2 rings (SSSR count). The molecule has 0 aromatic rings. The molecule has 19 heavy (non-hydrogen) atoms. The van der Waals surface area contributed by atoms with Gasteiger partial charge in [0.15, 0.2) is 5.60 Å². The Balaban J connectivity index is 0.000000250. The maximum absolute atomic E-state index is 10.5. The molecule has 1 aliphatic heterocycles. The first-order valence-electron chi connectivity index (χ1n) is 6.02. The highest BCUT2D eigenvalue weighted by Gasteiger charge is 2.48. The third-order valence-corrected chi connectivity index (χ3v) is 3.02. The van der Waals surface area contributed by atoms with E-state index < -0.39 is 42.7 Å². The Morgan fingerprint density at radius 3 is 1.58 bits per heavy atom. The fraction of sp³-hybridized carbons (Fsp3) is 0.909. The summed E-state index contributed by atoms with van der Waals surface area (Å²) in [4.78, 5) is 10.5. The highest BCUT2D eigenvalue weighted by atomic mass is 16.6. The van der Waals surface area contributed by atoms with Gasteiger partial charge in [-0.25, -0.2) is 4.79 Å². The summed E-state index contributed by atoms with van der Waals surface area (Å²) >= 11 is 0. The van der Waals surface area contributed by atoms with Gasteiger partial charge in [-0.3, -0.25) is 0 Å². The number of carboxylic acids is 1. The fourth-order valence-electron chi connectivity index (χ4n) is 1.89. The van der Waals surface area contributed by atoms with Gasteiger partial charge in [0.05, 0.1) is 38.6 Å². The van der Waals surface area contributed by atoms with Crippen LogP contribution in [0.4, 0.5) is 0 Å². The third kappa shape index (κ3) is 4.68. The van der Waals surface area contributed by atoms with E-state index in [-0.39, 0.29) is 0 Å². The summed E-state index contributed by atoms with van der Waals surface area (Å²) in [5.41, 5.74) is -2.14. The molecule has 1 aliphatic carbocycles. The molecule has 8 nitrogen and oxygen atoms in total. The van der Waals surface area contributed by atoms with Gasteiger partial charge in [0.1, 0.15) is 6.10 Å². The van der Waals surface area contributed by atoms with E-state index in [1.165, 1.54) is 0 Å². The van der Waals surface area contributed by atoms with Gasteiger partial charge < -0.3 is 35.0 Å². The molecular formula is C11H20O8. The van der Waals surface area contributed by atoms with E-state index in [2.05, 4.69) is 0 Å². The van der Waals surface area contributed by atoms with Crippen molar-refractivity contribution in [2.24, 2.45) is 0 Å². The fourth-order valence-corrected chi connectivity index (χ4v) is 1.89. The monoisotopic (exact) mass is 280 g/mol. The van der Waals surface area contributed by atoms with Crippen LogP contribution in [0.25, 0.3) is 0 Å². The zero-order chi connectivity index (χ0) is 14.5. The first-order valence-corrected chi connectivity index (χ1v) is 6.02.